The third-order valence-electron chi connectivity index (χ3n) is 2.95. The molecular formula is C11H12ClN3O2. The summed E-state index contributed by atoms with van der Waals surface area (Å²) in [6.45, 7) is 1.41. The molecule has 2 aromatic heterocycles. The van der Waals surface area contributed by atoms with E-state index in [1.165, 1.54) is 0 Å². The molecule has 0 radical (unpaired) electrons. The molecule has 0 aliphatic carbocycles. The van der Waals surface area contributed by atoms with Crippen LogP contribution in [0, 0.1) is 0 Å². The SMILES string of the molecule is OC1CCCN(c2nc(Cl)nc3ccoc23)C1. The number of piperidine rings is 1. The van der Waals surface area contributed by atoms with Crippen LogP contribution in [0.2, 0.25) is 5.28 Å². The van der Waals surface area contributed by atoms with Crippen molar-refractivity contribution in [3.8, 4) is 0 Å². The van der Waals surface area contributed by atoms with Gasteiger partial charge < -0.3 is 14.4 Å². The minimum atomic E-state index is -0.317. The number of hydrogen-bond acceptors (Lipinski definition) is 5. The summed E-state index contributed by atoms with van der Waals surface area (Å²) in [5, 5.41) is 9.89. The Bertz CT molecular complexity index is 542. The maximum atomic E-state index is 9.68. The molecule has 6 heteroatoms. The molecule has 1 aliphatic rings. The number of nitrogens with zero attached hydrogens (tertiary/aromatic N) is 3. The van der Waals surface area contributed by atoms with Gasteiger partial charge in [-0.25, -0.2) is 4.98 Å². The number of rotatable bonds is 1. The number of hydrogen-bond donors (Lipinski definition) is 1. The molecule has 1 saturated heterocycles. The van der Waals surface area contributed by atoms with Crippen LogP contribution in [0.3, 0.4) is 0 Å². The van der Waals surface area contributed by atoms with Crippen LogP contribution in [0.25, 0.3) is 11.1 Å². The number of halogens is 1. The summed E-state index contributed by atoms with van der Waals surface area (Å²) in [6, 6.07) is 1.76. The van der Waals surface area contributed by atoms with E-state index in [0.29, 0.717) is 23.5 Å². The molecule has 0 spiro atoms. The summed E-state index contributed by atoms with van der Waals surface area (Å²) < 4.78 is 5.39. The number of β-amino-alcohol motifs (C(OH)–C–C–N with tert-alkyl or cyclic N) is 1. The number of aromatic nitrogens is 2. The fraction of sp³-hybridized carbons (Fsp3) is 0.455. The Hall–Kier alpha value is -1.33. The predicted octanol–water partition coefficient (Wildman–Crippen LogP) is 1.84. The molecule has 1 atom stereocenters. The second-order valence-electron chi connectivity index (χ2n) is 4.19. The van der Waals surface area contributed by atoms with Crippen LogP contribution < -0.4 is 4.90 Å². The van der Waals surface area contributed by atoms with Gasteiger partial charge >= 0.3 is 0 Å². The second-order valence-corrected chi connectivity index (χ2v) is 4.53. The highest BCUT2D eigenvalue weighted by molar-refractivity contribution is 6.28. The van der Waals surface area contributed by atoms with Crippen LogP contribution >= 0.6 is 11.6 Å². The molecule has 2 aromatic rings. The van der Waals surface area contributed by atoms with E-state index in [1.807, 2.05) is 4.90 Å². The fourth-order valence-corrected chi connectivity index (χ4v) is 2.35. The van der Waals surface area contributed by atoms with Crippen molar-refractivity contribution in [3.63, 3.8) is 0 Å². The lowest BCUT2D eigenvalue weighted by molar-refractivity contribution is 0.154. The zero-order valence-corrected chi connectivity index (χ0v) is 9.89. The molecule has 17 heavy (non-hydrogen) atoms. The van der Waals surface area contributed by atoms with Crippen LogP contribution in [0.1, 0.15) is 12.8 Å². The fourth-order valence-electron chi connectivity index (χ4n) is 2.18. The van der Waals surface area contributed by atoms with Crippen molar-refractivity contribution < 1.29 is 9.52 Å². The van der Waals surface area contributed by atoms with Crippen LogP contribution in [-0.4, -0.2) is 34.3 Å². The third-order valence-corrected chi connectivity index (χ3v) is 3.12. The van der Waals surface area contributed by atoms with Gasteiger partial charge in [0, 0.05) is 19.2 Å². The lowest BCUT2D eigenvalue weighted by Crippen LogP contribution is -2.38. The van der Waals surface area contributed by atoms with Gasteiger partial charge in [0.05, 0.1) is 12.4 Å². The Morgan fingerprint density at radius 3 is 3.18 bits per heavy atom. The molecule has 0 saturated carbocycles. The Balaban J connectivity index is 2.06. The van der Waals surface area contributed by atoms with E-state index in [2.05, 4.69) is 9.97 Å². The van der Waals surface area contributed by atoms with Crippen LogP contribution in [0.4, 0.5) is 5.82 Å². The standard InChI is InChI=1S/C11H12ClN3O2/c12-11-13-8-3-5-17-9(8)10(14-11)15-4-1-2-7(16)6-15/h3,5,7,16H,1-2,4,6H2. The molecule has 1 fully saturated rings. The first-order valence-corrected chi connectivity index (χ1v) is 5.95. The minimum absolute atomic E-state index is 0.203. The van der Waals surface area contributed by atoms with Crippen molar-refractivity contribution in [1.82, 2.24) is 9.97 Å². The monoisotopic (exact) mass is 253 g/mol. The Labute approximate surface area is 103 Å². The van der Waals surface area contributed by atoms with Crippen LogP contribution in [0.5, 0.6) is 0 Å². The number of anilines is 1. The van der Waals surface area contributed by atoms with E-state index in [-0.39, 0.29) is 11.4 Å². The van der Waals surface area contributed by atoms with E-state index in [4.69, 9.17) is 16.0 Å². The highest BCUT2D eigenvalue weighted by Crippen LogP contribution is 2.28. The van der Waals surface area contributed by atoms with E-state index in [1.54, 1.807) is 12.3 Å². The number of furan rings is 1. The van der Waals surface area contributed by atoms with Gasteiger partial charge in [0.15, 0.2) is 11.4 Å². The molecule has 90 valence electrons. The van der Waals surface area contributed by atoms with Gasteiger partial charge in [0.1, 0.15) is 5.52 Å². The van der Waals surface area contributed by atoms with E-state index in [0.717, 1.165) is 19.4 Å². The van der Waals surface area contributed by atoms with Crippen molar-refractivity contribution in [2.24, 2.45) is 0 Å². The first-order chi connectivity index (χ1) is 8.24. The lowest BCUT2D eigenvalue weighted by Gasteiger charge is -2.30. The summed E-state index contributed by atoms with van der Waals surface area (Å²) >= 11 is 5.88. The average molecular weight is 254 g/mol. The summed E-state index contributed by atoms with van der Waals surface area (Å²) in [5.41, 5.74) is 1.32. The van der Waals surface area contributed by atoms with Crippen molar-refractivity contribution in [2.45, 2.75) is 18.9 Å². The van der Waals surface area contributed by atoms with E-state index < -0.39 is 0 Å². The highest BCUT2D eigenvalue weighted by Gasteiger charge is 2.22. The zero-order valence-electron chi connectivity index (χ0n) is 9.14. The molecule has 0 amide bonds. The maximum absolute atomic E-state index is 9.68. The van der Waals surface area contributed by atoms with Crippen molar-refractivity contribution in [3.05, 3.63) is 17.6 Å². The second kappa shape index (κ2) is 4.16. The smallest absolute Gasteiger partial charge is 0.225 e. The lowest BCUT2D eigenvalue weighted by atomic mass is 10.1. The molecule has 1 N–H and O–H groups in total. The summed E-state index contributed by atoms with van der Waals surface area (Å²) in [5.74, 6) is 0.670. The van der Waals surface area contributed by atoms with Gasteiger partial charge in [0.25, 0.3) is 0 Å². The molecule has 1 aliphatic heterocycles. The topological polar surface area (TPSA) is 62.4 Å². The molecule has 0 bridgehead atoms. The predicted molar refractivity (Wildman–Crippen MR) is 64.3 cm³/mol. The van der Waals surface area contributed by atoms with Crippen molar-refractivity contribution in [2.75, 3.05) is 18.0 Å². The van der Waals surface area contributed by atoms with Gasteiger partial charge in [-0.15, -0.1) is 0 Å². The van der Waals surface area contributed by atoms with Gasteiger partial charge in [0.2, 0.25) is 5.28 Å². The highest BCUT2D eigenvalue weighted by atomic mass is 35.5. The van der Waals surface area contributed by atoms with Gasteiger partial charge in [-0.1, -0.05) is 0 Å². The quantitative estimate of drug-likeness (QED) is 0.786. The summed E-state index contributed by atoms with van der Waals surface area (Å²) in [4.78, 5) is 10.3. The number of fused-ring (bicyclic) bond motifs is 1. The molecule has 3 heterocycles. The van der Waals surface area contributed by atoms with Gasteiger partial charge in [-0.05, 0) is 24.4 Å². The maximum Gasteiger partial charge on any atom is 0.225 e. The first kappa shape index (κ1) is 10.8. The molecule has 5 nitrogen and oxygen atoms in total. The Morgan fingerprint density at radius 1 is 1.47 bits per heavy atom. The first-order valence-electron chi connectivity index (χ1n) is 5.58. The molecule has 1 unspecified atom stereocenters. The summed E-state index contributed by atoms with van der Waals surface area (Å²) in [6.07, 6.45) is 3.02. The molecular weight excluding hydrogens is 242 g/mol. The molecule has 0 aromatic carbocycles. The van der Waals surface area contributed by atoms with Crippen molar-refractivity contribution in [1.29, 1.82) is 0 Å². The van der Waals surface area contributed by atoms with E-state index >= 15 is 0 Å². The Kier molecular flexibility index (Phi) is 2.64. The summed E-state index contributed by atoms with van der Waals surface area (Å²) in [7, 11) is 0. The van der Waals surface area contributed by atoms with E-state index in [9.17, 15) is 5.11 Å². The van der Waals surface area contributed by atoms with Crippen LogP contribution in [-0.2, 0) is 0 Å². The Morgan fingerprint density at radius 2 is 2.35 bits per heavy atom. The van der Waals surface area contributed by atoms with Gasteiger partial charge in [-0.2, -0.15) is 4.98 Å². The average Bonchev–Trinajstić information content (AvgIpc) is 2.75. The zero-order chi connectivity index (χ0) is 11.8. The number of aliphatic hydroxyl groups excluding tert-OH is 1. The van der Waals surface area contributed by atoms with Gasteiger partial charge in [-0.3, -0.25) is 0 Å². The van der Waals surface area contributed by atoms with Crippen molar-refractivity contribution >= 4 is 28.5 Å². The molecule has 3 rings (SSSR count). The van der Waals surface area contributed by atoms with Crippen LogP contribution in [0.15, 0.2) is 16.7 Å². The normalized spacial score (nSPS) is 21.1. The number of aliphatic hydroxyl groups is 1. The third kappa shape index (κ3) is 1.96. The largest absolute Gasteiger partial charge is 0.459 e. The minimum Gasteiger partial charge on any atom is -0.459 e.